The molecule has 4 aromatic rings. The number of nitrogens with one attached hydrogen (secondary N) is 1. The van der Waals surface area contributed by atoms with Crippen LogP contribution < -0.4 is 0 Å². The van der Waals surface area contributed by atoms with E-state index in [9.17, 15) is 19.2 Å². The molecule has 1 aliphatic heterocycles. The van der Waals surface area contributed by atoms with E-state index in [1.165, 1.54) is 24.5 Å². The Hall–Kier alpha value is -4.46. The molecule has 5 rings (SSSR count). The van der Waals surface area contributed by atoms with Crippen molar-refractivity contribution in [3.8, 4) is 0 Å². The van der Waals surface area contributed by atoms with Crippen molar-refractivity contribution in [2.24, 2.45) is 0 Å². The van der Waals surface area contributed by atoms with Crippen LogP contribution in [0.15, 0.2) is 71.5 Å². The Morgan fingerprint density at radius 2 is 1.78 bits per heavy atom. The topological polar surface area (TPSA) is 110 Å². The molecule has 158 valence electrons. The molecule has 0 bridgehead atoms. The number of Topliss-reactive ketones (excluding diaryl/α,β-unsaturated/α-hetero) is 1. The highest BCUT2D eigenvalue weighted by atomic mass is 16.5. The monoisotopic (exact) mass is 428 g/mol. The van der Waals surface area contributed by atoms with Crippen LogP contribution in [0.1, 0.15) is 47.2 Å². The molecule has 1 aliphatic rings. The number of hydrogen-bond acceptors (Lipinski definition) is 6. The Bertz CT molecular complexity index is 1380. The van der Waals surface area contributed by atoms with Crippen molar-refractivity contribution in [1.82, 2.24) is 9.88 Å². The first-order valence-corrected chi connectivity index (χ1v) is 9.82. The Morgan fingerprint density at radius 1 is 0.969 bits per heavy atom. The normalized spacial score (nSPS) is 12.9. The van der Waals surface area contributed by atoms with E-state index < -0.39 is 24.4 Å². The summed E-state index contributed by atoms with van der Waals surface area (Å²) in [7, 11) is 0. The number of carbonyl (C=O) groups is 4. The SMILES string of the molecule is O=C(OCC(=O)c1c[nH]c2ccccc12)c1ccc2c(c1)C(=O)N(Cc1ccco1)C2=O. The van der Waals surface area contributed by atoms with Crippen LogP contribution in [0.25, 0.3) is 10.9 Å². The molecule has 0 atom stereocenters. The molecule has 0 spiro atoms. The van der Waals surface area contributed by atoms with Gasteiger partial charge in [-0.1, -0.05) is 18.2 Å². The highest BCUT2D eigenvalue weighted by molar-refractivity contribution is 6.22. The van der Waals surface area contributed by atoms with Crippen molar-refractivity contribution in [2.75, 3.05) is 6.61 Å². The zero-order valence-electron chi connectivity index (χ0n) is 16.7. The summed E-state index contributed by atoms with van der Waals surface area (Å²) < 4.78 is 10.4. The molecule has 8 nitrogen and oxygen atoms in total. The fraction of sp³-hybridized carbons (Fsp3) is 0.0833. The maximum atomic E-state index is 12.7. The van der Waals surface area contributed by atoms with Gasteiger partial charge in [0.15, 0.2) is 6.61 Å². The molecule has 1 N–H and O–H groups in total. The number of amides is 2. The third kappa shape index (κ3) is 3.27. The van der Waals surface area contributed by atoms with Crippen LogP contribution in [0.3, 0.4) is 0 Å². The number of aromatic nitrogens is 1. The first kappa shape index (κ1) is 19.5. The van der Waals surface area contributed by atoms with Crippen molar-refractivity contribution >= 4 is 34.5 Å². The van der Waals surface area contributed by atoms with Gasteiger partial charge in [-0.15, -0.1) is 0 Å². The van der Waals surface area contributed by atoms with Crippen molar-refractivity contribution in [3.63, 3.8) is 0 Å². The largest absolute Gasteiger partial charge is 0.467 e. The molecule has 0 saturated carbocycles. The Balaban J connectivity index is 1.30. The molecular formula is C24H16N2O6. The van der Waals surface area contributed by atoms with Crippen LogP contribution in [0.5, 0.6) is 0 Å². The highest BCUT2D eigenvalue weighted by Gasteiger charge is 2.36. The van der Waals surface area contributed by atoms with E-state index in [0.717, 1.165) is 15.8 Å². The van der Waals surface area contributed by atoms with E-state index in [2.05, 4.69) is 4.98 Å². The molecular weight excluding hydrogens is 412 g/mol. The average Bonchev–Trinajstić information content (AvgIpc) is 3.53. The molecule has 8 heteroatoms. The number of fused-ring (bicyclic) bond motifs is 2. The number of furan rings is 1. The van der Waals surface area contributed by atoms with Gasteiger partial charge in [-0.25, -0.2) is 4.79 Å². The standard InChI is InChI=1S/C24H16N2O6/c27-21(19-11-25-20-6-2-1-5-16(19)20)13-32-24(30)14-7-8-17-18(10-14)23(29)26(22(17)28)12-15-4-3-9-31-15/h1-11,25H,12-13H2. The minimum Gasteiger partial charge on any atom is -0.467 e. The predicted octanol–water partition coefficient (Wildman–Crippen LogP) is 3.60. The number of carbonyl (C=O) groups excluding carboxylic acids is 4. The number of para-hydroxylation sites is 1. The van der Waals surface area contributed by atoms with E-state index in [4.69, 9.17) is 9.15 Å². The van der Waals surface area contributed by atoms with E-state index in [1.807, 2.05) is 18.2 Å². The number of H-pyrrole nitrogens is 1. The number of hydrogen-bond donors (Lipinski definition) is 1. The Kier molecular flexibility index (Phi) is 4.67. The molecule has 2 amide bonds. The van der Waals surface area contributed by atoms with Crippen LogP contribution in [0.4, 0.5) is 0 Å². The van der Waals surface area contributed by atoms with Crippen molar-refractivity contribution in [3.05, 3.63) is 95.1 Å². The summed E-state index contributed by atoms with van der Waals surface area (Å²) in [5.74, 6) is -1.63. The lowest BCUT2D eigenvalue weighted by molar-refractivity contribution is 0.0475. The molecule has 3 heterocycles. The first-order chi connectivity index (χ1) is 15.5. The summed E-state index contributed by atoms with van der Waals surface area (Å²) in [6, 6.07) is 14.8. The zero-order chi connectivity index (χ0) is 22.2. The summed E-state index contributed by atoms with van der Waals surface area (Å²) >= 11 is 0. The number of ketones is 1. The lowest BCUT2D eigenvalue weighted by atomic mass is 10.1. The van der Waals surface area contributed by atoms with Crippen LogP contribution in [0, 0.1) is 0 Å². The van der Waals surface area contributed by atoms with Crippen molar-refractivity contribution < 1.29 is 28.3 Å². The molecule has 0 fully saturated rings. The van der Waals surface area contributed by atoms with Gasteiger partial charge in [-0.05, 0) is 36.4 Å². The molecule has 2 aromatic heterocycles. The number of aromatic amines is 1. The van der Waals surface area contributed by atoms with Gasteiger partial charge in [0.1, 0.15) is 5.76 Å². The zero-order valence-corrected chi connectivity index (χ0v) is 16.7. The lowest BCUT2D eigenvalue weighted by Crippen LogP contribution is -2.28. The van der Waals surface area contributed by atoms with Crippen LogP contribution in [0.2, 0.25) is 0 Å². The van der Waals surface area contributed by atoms with Gasteiger partial charge in [0, 0.05) is 22.7 Å². The lowest BCUT2D eigenvalue weighted by Gasteiger charge is -2.11. The quantitative estimate of drug-likeness (QED) is 0.286. The van der Waals surface area contributed by atoms with Gasteiger partial charge in [0.05, 0.1) is 29.5 Å². The number of nitrogens with zero attached hydrogens (tertiary/aromatic N) is 1. The minimum absolute atomic E-state index is 0.00174. The number of esters is 1. The first-order valence-electron chi connectivity index (χ1n) is 9.82. The van der Waals surface area contributed by atoms with E-state index >= 15 is 0 Å². The molecule has 0 aliphatic carbocycles. The van der Waals surface area contributed by atoms with Crippen molar-refractivity contribution in [2.45, 2.75) is 6.54 Å². The van der Waals surface area contributed by atoms with Gasteiger partial charge < -0.3 is 14.1 Å². The third-order valence-electron chi connectivity index (χ3n) is 5.32. The fourth-order valence-corrected chi connectivity index (χ4v) is 3.71. The summed E-state index contributed by atoms with van der Waals surface area (Å²) in [6.07, 6.45) is 3.04. The molecule has 32 heavy (non-hydrogen) atoms. The Morgan fingerprint density at radius 3 is 2.59 bits per heavy atom. The van der Waals surface area contributed by atoms with Gasteiger partial charge in [-0.3, -0.25) is 19.3 Å². The average molecular weight is 428 g/mol. The molecule has 0 saturated heterocycles. The van der Waals surface area contributed by atoms with E-state index in [-0.39, 0.29) is 29.0 Å². The van der Waals surface area contributed by atoms with Gasteiger partial charge in [-0.2, -0.15) is 0 Å². The van der Waals surface area contributed by atoms with Gasteiger partial charge in [0.25, 0.3) is 11.8 Å². The summed E-state index contributed by atoms with van der Waals surface area (Å²) in [5.41, 5.74) is 1.63. The maximum Gasteiger partial charge on any atom is 0.338 e. The summed E-state index contributed by atoms with van der Waals surface area (Å²) in [4.78, 5) is 54.4. The number of benzene rings is 2. The number of imide groups is 1. The van der Waals surface area contributed by atoms with E-state index in [1.54, 1.807) is 24.4 Å². The minimum atomic E-state index is -0.759. The van der Waals surface area contributed by atoms with E-state index in [0.29, 0.717) is 11.3 Å². The predicted molar refractivity (Wildman–Crippen MR) is 112 cm³/mol. The van der Waals surface area contributed by atoms with Crippen molar-refractivity contribution in [1.29, 1.82) is 0 Å². The third-order valence-corrected chi connectivity index (χ3v) is 5.32. The number of rotatable bonds is 6. The molecule has 2 aromatic carbocycles. The second-order valence-electron chi connectivity index (χ2n) is 7.28. The summed E-state index contributed by atoms with van der Waals surface area (Å²) in [6.45, 7) is -0.451. The number of ether oxygens (including phenoxy) is 1. The van der Waals surface area contributed by atoms with Crippen LogP contribution in [-0.2, 0) is 11.3 Å². The Labute approximate surface area is 181 Å². The smallest absolute Gasteiger partial charge is 0.338 e. The van der Waals surface area contributed by atoms with Gasteiger partial charge in [0.2, 0.25) is 5.78 Å². The molecule has 0 unspecified atom stereocenters. The van der Waals surface area contributed by atoms with Gasteiger partial charge >= 0.3 is 5.97 Å². The summed E-state index contributed by atoms with van der Waals surface area (Å²) in [5, 5.41) is 0.742. The molecule has 0 radical (unpaired) electrons. The fourth-order valence-electron chi connectivity index (χ4n) is 3.71. The van der Waals surface area contributed by atoms with Crippen LogP contribution in [-0.4, -0.2) is 40.1 Å². The second-order valence-corrected chi connectivity index (χ2v) is 7.28. The highest BCUT2D eigenvalue weighted by Crippen LogP contribution is 2.26. The van der Waals surface area contributed by atoms with Crippen LogP contribution >= 0.6 is 0 Å². The second kappa shape index (κ2) is 7.66. The maximum absolute atomic E-state index is 12.7.